The summed E-state index contributed by atoms with van der Waals surface area (Å²) in [6.07, 6.45) is 2.04. The molecule has 0 saturated carbocycles. The topological polar surface area (TPSA) is 67.1 Å². The van der Waals surface area contributed by atoms with Gasteiger partial charge in [-0.05, 0) is 33.2 Å². The number of aryl methyl sites for hydroxylation is 1. The van der Waals surface area contributed by atoms with Crippen LogP contribution in [0.15, 0.2) is 6.07 Å². The fourth-order valence-electron chi connectivity index (χ4n) is 1.85. The predicted octanol–water partition coefficient (Wildman–Crippen LogP) is 1.78. The fraction of sp³-hybridized carbons (Fsp3) is 0.692. The van der Waals surface area contributed by atoms with E-state index in [2.05, 4.69) is 41.1 Å². The molecule has 1 aromatic heterocycles. The molecule has 0 amide bonds. The zero-order valence-corrected chi connectivity index (χ0v) is 11.9. The maximum Gasteiger partial charge on any atom is 0.134 e. The lowest BCUT2D eigenvalue weighted by molar-refractivity contribution is 0.711. The lowest BCUT2D eigenvalue weighted by Gasteiger charge is -2.20. The number of nitrogens with two attached hydrogens (primary N) is 1. The summed E-state index contributed by atoms with van der Waals surface area (Å²) in [7, 11) is 2.05. The molecule has 1 heterocycles. The van der Waals surface area contributed by atoms with Crippen LogP contribution in [0, 0.1) is 6.92 Å². The minimum absolute atomic E-state index is 0.327. The summed E-state index contributed by atoms with van der Waals surface area (Å²) >= 11 is 0. The molecule has 0 aliphatic carbocycles. The Morgan fingerprint density at radius 1 is 1.44 bits per heavy atom. The molecule has 1 aromatic rings. The van der Waals surface area contributed by atoms with Crippen molar-refractivity contribution < 1.29 is 0 Å². The van der Waals surface area contributed by atoms with E-state index in [-0.39, 0.29) is 0 Å². The molecule has 1 rings (SSSR count). The first-order chi connectivity index (χ1) is 8.56. The number of nitrogens with one attached hydrogen (secondary N) is 1. The zero-order valence-electron chi connectivity index (χ0n) is 11.9. The van der Waals surface area contributed by atoms with Crippen molar-refractivity contribution in [3.63, 3.8) is 0 Å². The lowest BCUT2D eigenvalue weighted by Crippen LogP contribution is -2.22. The second kappa shape index (κ2) is 7.16. The van der Waals surface area contributed by atoms with Crippen molar-refractivity contribution in [2.75, 3.05) is 30.4 Å². The Hall–Kier alpha value is -1.36. The van der Waals surface area contributed by atoms with Crippen LogP contribution in [0.1, 0.15) is 32.5 Å². The number of hydrogen-bond donors (Lipinski definition) is 2. The summed E-state index contributed by atoms with van der Waals surface area (Å²) < 4.78 is 0. The van der Waals surface area contributed by atoms with E-state index in [1.807, 2.05) is 13.0 Å². The summed E-state index contributed by atoms with van der Waals surface area (Å²) in [6.45, 7) is 7.86. The largest absolute Gasteiger partial charge is 0.367 e. The molecule has 0 spiro atoms. The van der Waals surface area contributed by atoms with Gasteiger partial charge in [0.2, 0.25) is 0 Å². The van der Waals surface area contributed by atoms with Crippen molar-refractivity contribution in [3.05, 3.63) is 11.9 Å². The van der Waals surface area contributed by atoms with Gasteiger partial charge in [-0.25, -0.2) is 9.97 Å². The van der Waals surface area contributed by atoms with E-state index in [9.17, 15) is 0 Å². The van der Waals surface area contributed by atoms with Crippen LogP contribution in [0.3, 0.4) is 0 Å². The first-order valence-electron chi connectivity index (χ1n) is 6.60. The highest BCUT2D eigenvalue weighted by molar-refractivity contribution is 5.49. The van der Waals surface area contributed by atoms with Crippen molar-refractivity contribution in [3.8, 4) is 0 Å². The second-order valence-corrected chi connectivity index (χ2v) is 4.70. The molecule has 102 valence electrons. The van der Waals surface area contributed by atoms with Crippen molar-refractivity contribution >= 4 is 11.6 Å². The molecule has 0 aliphatic rings. The Bertz CT molecular complexity index is 366. The Morgan fingerprint density at radius 3 is 2.78 bits per heavy atom. The van der Waals surface area contributed by atoms with Crippen LogP contribution in [-0.2, 0) is 0 Å². The molecule has 0 aromatic carbocycles. The average molecular weight is 251 g/mol. The van der Waals surface area contributed by atoms with E-state index in [4.69, 9.17) is 5.73 Å². The standard InChI is InChI=1S/C13H25N5/c1-5-8-18(4)13-9-12(16-11(3)17-13)15-10(2)6-7-14/h9-10H,5-8,14H2,1-4H3,(H,15,16,17). The van der Waals surface area contributed by atoms with Gasteiger partial charge >= 0.3 is 0 Å². The summed E-state index contributed by atoms with van der Waals surface area (Å²) in [4.78, 5) is 11.0. The molecular weight excluding hydrogens is 226 g/mol. The van der Waals surface area contributed by atoms with E-state index in [1.54, 1.807) is 0 Å². The molecular formula is C13H25N5. The van der Waals surface area contributed by atoms with Crippen molar-refractivity contribution in [2.45, 2.75) is 39.7 Å². The van der Waals surface area contributed by atoms with Gasteiger partial charge in [0.25, 0.3) is 0 Å². The first-order valence-corrected chi connectivity index (χ1v) is 6.60. The number of hydrogen-bond acceptors (Lipinski definition) is 5. The molecule has 0 bridgehead atoms. The Labute approximate surface area is 110 Å². The number of nitrogens with zero attached hydrogens (tertiary/aromatic N) is 3. The summed E-state index contributed by atoms with van der Waals surface area (Å²) in [6, 6.07) is 2.32. The molecule has 5 nitrogen and oxygen atoms in total. The molecule has 18 heavy (non-hydrogen) atoms. The summed E-state index contributed by atoms with van der Waals surface area (Å²) in [5.74, 6) is 2.63. The number of anilines is 2. The van der Waals surface area contributed by atoms with Crippen LogP contribution in [0.4, 0.5) is 11.6 Å². The molecule has 0 aliphatic heterocycles. The highest BCUT2D eigenvalue weighted by Crippen LogP contribution is 2.16. The van der Waals surface area contributed by atoms with E-state index in [0.717, 1.165) is 36.8 Å². The van der Waals surface area contributed by atoms with Gasteiger partial charge in [0.15, 0.2) is 0 Å². The van der Waals surface area contributed by atoms with Crippen LogP contribution < -0.4 is 16.0 Å². The SMILES string of the molecule is CCCN(C)c1cc(NC(C)CCN)nc(C)n1. The maximum absolute atomic E-state index is 5.55. The minimum Gasteiger partial charge on any atom is -0.367 e. The number of aromatic nitrogens is 2. The van der Waals surface area contributed by atoms with Gasteiger partial charge < -0.3 is 16.0 Å². The summed E-state index contributed by atoms with van der Waals surface area (Å²) in [5.41, 5.74) is 5.55. The smallest absolute Gasteiger partial charge is 0.134 e. The van der Waals surface area contributed by atoms with Gasteiger partial charge in [0.1, 0.15) is 17.5 Å². The second-order valence-electron chi connectivity index (χ2n) is 4.70. The van der Waals surface area contributed by atoms with Crippen LogP contribution >= 0.6 is 0 Å². The van der Waals surface area contributed by atoms with Crippen LogP contribution in [0.5, 0.6) is 0 Å². The lowest BCUT2D eigenvalue weighted by atomic mass is 10.2. The third-order valence-electron chi connectivity index (χ3n) is 2.77. The van der Waals surface area contributed by atoms with Crippen molar-refractivity contribution in [2.24, 2.45) is 5.73 Å². The van der Waals surface area contributed by atoms with E-state index < -0.39 is 0 Å². The molecule has 1 atom stereocenters. The highest BCUT2D eigenvalue weighted by Gasteiger charge is 2.08. The quantitative estimate of drug-likeness (QED) is 0.773. The Morgan fingerprint density at radius 2 is 2.17 bits per heavy atom. The molecule has 1 unspecified atom stereocenters. The van der Waals surface area contributed by atoms with E-state index in [0.29, 0.717) is 12.6 Å². The maximum atomic E-state index is 5.55. The van der Waals surface area contributed by atoms with Gasteiger partial charge in [-0.1, -0.05) is 6.92 Å². The highest BCUT2D eigenvalue weighted by atomic mass is 15.2. The average Bonchev–Trinajstić information content (AvgIpc) is 2.28. The molecule has 5 heteroatoms. The summed E-state index contributed by atoms with van der Waals surface area (Å²) in [5, 5.41) is 3.36. The molecule has 0 radical (unpaired) electrons. The van der Waals surface area contributed by atoms with E-state index >= 15 is 0 Å². The third kappa shape index (κ3) is 4.49. The van der Waals surface area contributed by atoms with Gasteiger partial charge in [0, 0.05) is 25.7 Å². The number of rotatable bonds is 7. The van der Waals surface area contributed by atoms with Gasteiger partial charge in [-0.15, -0.1) is 0 Å². The van der Waals surface area contributed by atoms with Crippen molar-refractivity contribution in [1.29, 1.82) is 0 Å². The molecule has 0 saturated heterocycles. The van der Waals surface area contributed by atoms with Crippen LogP contribution in [0.2, 0.25) is 0 Å². The first kappa shape index (κ1) is 14.7. The minimum atomic E-state index is 0.327. The molecule has 0 fully saturated rings. The Kier molecular flexibility index (Phi) is 5.85. The predicted molar refractivity (Wildman–Crippen MR) is 77.1 cm³/mol. The fourth-order valence-corrected chi connectivity index (χ4v) is 1.85. The van der Waals surface area contributed by atoms with Crippen molar-refractivity contribution in [1.82, 2.24) is 9.97 Å². The zero-order chi connectivity index (χ0) is 13.5. The van der Waals surface area contributed by atoms with Crippen LogP contribution in [-0.4, -0.2) is 36.1 Å². The third-order valence-corrected chi connectivity index (χ3v) is 2.77. The normalized spacial score (nSPS) is 12.3. The van der Waals surface area contributed by atoms with Crippen LogP contribution in [0.25, 0.3) is 0 Å². The van der Waals surface area contributed by atoms with Gasteiger partial charge in [-0.3, -0.25) is 0 Å². The molecule has 3 N–H and O–H groups in total. The monoisotopic (exact) mass is 251 g/mol. The van der Waals surface area contributed by atoms with Gasteiger partial charge in [0.05, 0.1) is 0 Å². The van der Waals surface area contributed by atoms with E-state index in [1.165, 1.54) is 0 Å². The Balaban J connectivity index is 2.80. The van der Waals surface area contributed by atoms with Gasteiger partial charge in [-0.2, -0.15) is 0 Å².